The summed E-state index contributed by atoms with van der Waals surface area (Å²) < 4.78 is 41.2. The van der Waals surface area contributed by atoms with Gasteiger partial charge in [0.1, 0.15) is 11.5 Å². The lowest BCUT2D eigenvalue weighted by Gasteiger charge is -2.16. The Kier molecular flexibility index (Phi) is 5.23. The van der Waals surface area contributed by atoms with Crippen LogP contribution in [0.2, 0.25) is 0 Å². The van der Waals surface area contributed by atoms with Gasteiger partial charge in [0.05, 0.1) is 23.8 Å². The number of nitrogens with zero attached hydrogens (tertiary/aromatic N) is 1. The third-order valence-corrected chi connectivity index (χ3v) is 6.44. The highest BCUT2D eigenvalue weighted by Crippen LogP contribution is 2.52. The van der Waals surface area contributed by atoms with E-state index in [1.54, 1.807) is 18.2 Å². The molecular weight excluding hydrogens is 460 g/mol. The van der Waals surface area contributed by atoms with Crippen LogP contribution in [0.1, 0.15) is 40.0 Å². The first-order valence-corrected chi connectivity index (χ1v) is 10.9. The number of halogens is 2. The van der Waals surface area contributed by atoms with E-state index in [-0.39, 0.29) is 29.3 Å². The normalized spacial score (nSPS) is 16.6. The Labute approximate surface area is 199 Å². The van der Waals surface area contributed by atoms with E-state index in [4.69, 9.17) is 4.74 Å². The number of carbonyl (C=O) groups is 2. The van der Waals surface area contributed by atoms with Gasteiger partial charge in [-0.1, -0.05) is 12.1 Å². The molecule has 1 aliphatic heterocycles. The molecule has 0 atom stereocenters. The fourth-order valence-corrected chi connectivity index (χ4v) is 4.40. The number of aromatic nitrogens is 1. The molecule has 180 valence electrons. The number of hydrogen-bond donors (Lipinski definition) is 1. The first kappa shape index (κ1) is 22.8. The van der Waals surface area contributed by atoms with Gasteiger partial charge >= 0.3 is 12.3 Å². The number of aryl methyl sites for hydroxylation is 1. The van der Waals surface area contributed by atoms with Crippen LogP contribution in [-0.2, 0) is 16.6 Å². The minimum absolute atomic E-state index is 0.0266. The number of fused-ring (bicyclic) bond motifs is 1. The van der Waals surface area contributed by atoms with Crippen molar-refractivity contribution in [2.75, 3.05) is 7.11 Å². The standard InChI is InChI=1S/C26H21F2NO6/c1-14-3-6-17(29-23(14)18-11-15(24(31)32)4-7-19(18)33-2)13-22(30)25(9-10-25)16-5-8-20-21(12-16)35-26(27,28)34-20/h3-8,11-12H,9-10,13H2,1-2H3,(H,31,32). The van der Waals surface area contributed by atoms with Crippen LogP contribution in [0.15, 0.2) is 48.5 Å². The number of alkyl halides is 2. The summed E-state index contributed by atoms with van der Waals surface area (Å²) in [4.78, 5) is 29.5. The Morgan fingerprint density at radius 1 is 1.06 bits per heavy atom. The summed E-state index contributed by atoms with van der Waals surface area (Å²) in [6.07, 6.45) is -2.51. The molecule has 1 aliphatic carbocycles. The number of ether oxygens (including phenoxy) is 3. The molecule has 0 saturated heterocycles. The minimum Gasteiger partial charge on any atom is -0.496 e. The summed E-state index contributed by atoms with van der Waals surface area (Å²) in [6.45, 7) is 1.84. The SMILES string of the molecule is COc1ccc(C(=O)O)cc1-c1nc(CC(=O)C2(c3ccc4c(c3)OC(F)(F)O4)CC2)ccc1C. The van der Waals surface area contributed by atoms with Crippen LogP contribution < -0.4 is 14.2 Å². The van der Waals surface area contributed by atoms with Crippen molar-refractivity contribution in [2.24, 2.45) is 0 Å². The molecule has 5 rings (SSSR count). The van der Waals surface area contributed by atoms with Gasteiger partial charge in [0.2, 0.25) is 0 Å². The Hall–Kier alpha value is -4.01. The number of rotatable bonds is 7. The minimum atomic E-state index is -3.72. The molecule has 0 unspecified atom stereocenters. The van der Waals surface area contributed by atoms with Gasteiger partial charge in [-0.3, -0.25) is 9.78 Å². The molecule has 1 N–H and O–H groups in total. The molecule has 35 heavy (non-hydrogen) atoms. The lowest BCUT2D eigenvalue weighted by Crippen LogP contribution is -2.26. The van der Waals surface area contributed by atoms with E-state index < -0.39 is 17.7 Å². The van der Waals surface area contributed by atoms with E-state index in [0.29, 0.717) is 41.1 Å². The molecule has 9 heteroatoms. The number of carboxylic acid groups (broad SMARTS) is 1. The summed E-state index contributed by atoms with van der Waals surface area (Å²) in [5.74, 6) is -0.853. The van der Waals surface area contributed by atoms with Gasteiger partial charge in [-0.05, 0) is 67.3 Å². The molecule has 2 aromatic carbocycles. The largest absolute Gasteiger partial charge is 0.586 e. The predicted molar refractivity (Wildman–Crippen MR) is 120 cm³/mol. The van der Waals surface area contributed by atoms with E-state index in [1.807, 2.05) is 13.0 Å². The van der Waals surface area contributed by atoms with Gasteiger partial charge in [-0.25, -0.2) is 4.79 Å². The highest BCUT2D eigenvalue weighted by atomic mass is 19.3. The zero-order valence-electron chi connectivity index (χ0n) is 18.9. The van der Waals surface area contributed by atoms with Crippen molar-refractivity contribution in [3.63, 3.8) is 0 Å². The first-order chi connectivity index (χ1) is 16.6. The van der Waals surface area contributed by atoms with Crippen LogP contribution in [-0.4, -0.2) is 35.2 Å². The van der Waals surface area contributed by atoms with Gasteiger partial charge in [0, 0.05) is 17.7 Å². The van der Waals surface area contributed by atoms with E-state index in [0.717, 1.165) is 5.56 Å². The van der Waals surface area contributed by atoms with Crippen molar-refractivity contribution in [1.82, 2.24) is 4.98 Å². The van der Waals surface area contributed by atoms with Crippen molar-refractivity contribution >= 4 is 11.8 Å². The van der Waals surface area contributed by atoms with E-state index >= 15 is 0 Å². The number of carboxylic acids is 1. The third-order valence-electron chi connectivity index (χ3n) is 6.44. The van der Waals surface area contributed by atoms with E-state index in [2.05, 4.69) is 14.5 Å². The van der Waals surface area contributed by atoms with Gasteiger partial charge < -0.3 is 19.3 Å². The van der Waals surface area contributed by atoms with Crippen molar-refractivity contribution in [1.29, 1.82) is 0 Å². The quantitative estimate of drug-likeness (QED) is 0.511. The maximum absolute atomic E-state index is 13.4. The maximum Gasteiger partial charge on any atom is 0.586 e. The summed E-state index contributed by atoms with van der Waals surface area (Å²) >= 11 is 0. The number of methoxy groups -OCH3 is 1. The number of ketones is 1. The van der Waals surface area contributed by atoms with Crippen molar-refractivity contribution in [3.8, 4) is 28.5 Å². The summed E-state index contributed by atoms with van der Waals surface area (Å²) in [6, 6.07) is 12.5. The van der Waals surface area contributed by atoms with Crippen LogP contribution >= 0.6 is 0 Å². The van der Waals surface area contributed by atoms with Gasteiger partial charge in [0.25, 0.3) is 0 Å². The number of aromatic carboxylic acids is 1. The van der Waals surface area contributed by atoms with Gasteiger partial charge in [0.15, 0.2) is 11.5 Å². The van der Waals surface area contributed by atoms with E-state index in [1.165, 1.54) is 31.4 Å². The third kappa shape index (κ3) is 4.07. The molecule has 3 aromatic rings. The molecule has 0 amide bonds. The summed E-state index contributed by atoms with van der Waals surface area (Å²) in [5.41, 5.74) is 2.24. The fourth-order valence-electron chi connectivity index (χ4n) is 4.40. The van der Waals surface area contributed by atoms with Crippen molar-refractivity contribution < 1.29 is 37.7 Å². The highest BCUT2D eigenvalue weighted by Gasteiger charge is 2.52. The molecular formula is C26H21F2NO6. The Bertz CT molecular complexity index is 1370. The average molecular weight is 481 g/mol. The topological polar surface area (TPSA) is 95.0 Å². The van der Waals surface area contributed by atoms with Crippen molar-refractivity contribution in [3.05, 3.63) is 70.9 Å². The van der Waals surface area contributed by atoms with Gasteiger partial charge in [-0.2, -0.15) is 0 Å². The van der Waals surface area contributed by atoms with Crippen molar-refractivity contribution in [2.45, 2.75) is 37.9 Å². The lowest BCUT2D eigenvalue weighted by atomic mass is 9.88. The molecule has 1 fully saturated rings. The van der Waals surface area contributed by atoms with Crippen LogP contribution in [0.5, 0.6) is 17.2 Å². The number of hydrogen-bond acceptors (Lipinski definition) is 6. The number of benzene rings is 2. The van der Waals surface area contributed by atoms with Crippen LogP contribution in [0.3, 0.4) is 0 Å². The zero-order chi connectivity index (χ0) is 25.0. The molecule has 0 spiro atoms. The fraction of sp³-hybridized carbons (Fsp3) is 0.269. The number of Topliss-reactive ketones (excluding diaryl/α,β-unsaturated/α-hetero) is 1. The Morgan fingerprint density at radius 3 is 2.49 bits per heavy atom. The van der Waals surface area contributed by atoms with Crippen LogP contribution in [0, 0.1) is 6.92 Å². The predicted octanol–water partition coefficient (Wildman–Crippen LogP) is 4.93. The van der Waals surface area contributed by atoms with Gasteiger partial charge in [-0.15, -0.1) is 8.78 Å². The average Bonchev–Trinajstić information content (AvgIpc) is 3.57. The molecule has 1 saturated carbocycles. The Morgan fingerprint density at radius 2 is 1.80 bits per heavy atom. The second kappa shape index (κ2) is 8.04. The zero-order valence-corrected chi connectivity index (χ0v) is 18.9. The number of carbonyl (C=O) groups excluding carboxylic acids is 1. The maximum atomic E-state index is 13.4. The smallest absolute Gasteiger partial charge is 0.496 e. The second-order valence-corrected chi connectivity index (χ2v) is 8.70. The van der Waals surface area contributed by atoms with E-state index in [9.17, 15) is 23.5 Å². The van der Waals surface area contributed by atoms with Crippen LogP contribution in [0.4, 0.5) is 8.78 Å². The lowest BCUT2D eigenvalue weighted by molar-refractivity contribution is -0.286. The molecule has 1 aromatic heterocycles. The molecule has 2 heterocycles. The molecule has 0 radical (unpaired) electrons. The monoisotopic (exact) mass is 481 g/mol. The summed E-state index contributed by atoms with van der Waals surface area (Å²) in [7, 11) is 1.49. The summed E-state index contributed by atoms with van der Waals surface area (Å²) in [5, 5.41) is 9.39. The molecule has 2 aliphatic rings. The molecule has 7 nitrogen and oxygen atoms in total. The molecule has 0 bridgehead atoms. The highest BCUT2D eigenvalue weighted by molar-refractivity contribution is 5.95. The first-order valence-electron chi connectivity index (χ1n) is 10.9. The second-order valence-electron chi connectivity index (χ2n) is 8.70. The van der Waals surface area contributed by atoms with Crippen LogP contribution in [0.25, 0.3) is 11.3 Å². The Balaban J connectivity index is 1.44. The number of pyridine rings is 1.